The SMILES string of the molecule is COC(=O)c1csc(C2C(=O)CCC2=O)c1. The number of Topliss-reactive ketones (excluding diaryl/α,β-unsaturated/α-hetero) is 2. The van der Waals surface area contributed by atoms with E-state index in [4.69, 9.17) is 0 Å². The Bertz CT molecular complexity index is 444. The average Bonchev–Trinajstić information content (AvgIpc) is 2.85. The van der Waals surface area contributed by atoms with Crippen molar-refractivity contribution in [1.29, 1.82) is 0 Å². The molecule has 1 aromatic heterocycles. The van der Waals surface area contributed by atoms with Gasteiger partial charge in [0.25, 0.3) is 0 Å². The molecular formula is C11H10O4S. The van der Waals surface area contributed by atoms with Gasteiger partial charge < -0.3 is 4.74 Å². The van der Waals surface area contributed by atoms with E-state index in [-0.39, 0.29) is 11.6 Å². The van der Waals surface area contributed by atoms with Gasteiger partial charge in [-0.25, -0.2) is 4.79 Å². The number of hydrogen-bond donors (Lipinski definition) is 0. The minimum absolute atomic E-state index is 0.0525. The number of ketones is 2. The van der Waals surface area contributed by atoms with E-state index in [0.29, 0.717) is 23.3 Å². The fraction of sp³-hybridized carbons (Fsp3) is 0.364. The van der Waals surface area contributed by atoms with Crippen molar-refractivity contribution in [2.75, 3.05) is 7.11 Å². The Morgan fingerprint density at radius 1 is 1.38 bits per heavy atom. The van der Waals surface area contributed by atoms with Gasteiger partial charge in [0.05, 0.1) is 12.7 Å². The van der Waals surface area contributed by atoms with Gasteiger partial charge in [0.2, 0.25) is 0 Å². The number of thiophene rings is 1. The number of esters is 1. The molecule has 0 aliphatic heterocycles. The zero-order chi connectivity index (χ0) is 11.7. The summed E-state index contributed by atoms with van der Waals surface area (Å²) in [5.74, 6) is -1.20. The van der Waals surface area contributed by atoms with Gasteiger partial charge >= 0.3 is 5.97 Å². The third-order valence-electron chi connectivity index (χ3n) is 2.59. The summed E-state index contributed by atoms with van der Waals surface area (Å²) >= 11 is 1.26. The van der Waals surface area contributed by atoms with Crippen LogP contribution in [0.4, 0.5) is 0 Å². The molecule has 1 aliphatic rings. The number of carbonyl (C=O) groups is 3. The highest BCUT2D eigenvalue weighted by Gasteiger charge is 2.35. The van der Waals surface area contributed by atoms with Crippen molar-refractivity contribution in [2.45, 2.75) is 18.8 Å². The normalized spacial score (nSPS) is 16.8. The minimum atomic E-state index is -0.650. The standard InChI is InChI=1S/C11H10O4S/c1-15-11(14)6-4-9(16-5-6)10-7(12)2-3-8(10)13/h4-5,10H,2-3H2,1H3. The number of rotatable bonds is 2. The predicted molar refractivity (Wildman–Crippen MR) is 57.6 cm³/mol. The molecule has 1 fully saturated rings. The first-order valence-corrected chi connectivity index (χ1v) is 5.73. The Kier molecular flexibility index (Phi) is 2.87. The summed E-state index contributed by atoms with van der Waals surface area (Å²) in [6.07, 6.45) is 0.629. The molecule has 0 amide bonds. The zero-order valence-corrected chi connectivity index (χ0v) is 9.50. The van der Waals surface area contributed by atoms with Gasteiger partial charge in [-0.15, -0.1) is 11.3 Å². The number of carbonyl (C=O) groups excluding carboxylic acids is 3. The first kappa shape index (κ1) is 11.0. The van der Waals surface area contributed by atoms with Crippen LogP contribution in [0.2, 0.25) is 0 Å². The van der Waals surface area contributed by atoms with E-state index in [2.05, 4.69) is 4.74 Å². The van der Waals surface area contributed by atoms with Crippen LogP contribution in [0, 0.1) is 0 Å². The van der Waals surface area contributed by atoms with Gasteiger partial charge in [-0.2, -0.15) is 0 Å². The first-order valence-electron chi connectivity index (χ1n) is 4.85. The van der Waals surface area contributed by atoms with Gasteiger partial charge in [-0.3, -0.25) is 9.59 Å². The Hall–Kier alpha value is -1.49. The smallest absolute Gasteiger partial charge is 0.338 e. The Labute approximate surface area is 96.2 Å². The fourth-order valence-electron chi connectivity index (χ4n) is 1.76. The van der Waals surface area contributed by atoms with Crippen molar-refractivity contribution in [2.24, 2.45) is 0 Å². The van der Waals surface area contributed by atoms with Crippen molar-refractivity contribution in [3.05, 3.63) is 21.9 Å². The lowest BCUT2D eigenvalue weighted by Gasteiger charge is -2.01. The van der Waals surface area contributed by atoms with Crippen LogP contribution in [0.15, 0.2) is 11.4 Å². The molecule has 16 heavy (non-hydrogen) atoms. The van der Waals surface area contributed by atoms with Gasteiger partial charge in [-0.05, 0) is 6.07 Å². The van der Waals surface area contributed by atoms with Crippen molar-refractivity contribution < 1.29 is 19.1 Å². The number of ether oxygens (including phenoxy) is 1. The fourth-order valence-corrected chi connectivity index (χ4v) is 2.78. The largest absolute Gasteiger partial charge is 0.465 e. The van der Waals surface area contributed by atoms with E-state index >= 15 is 0 Å². The zero-order valence-electron chi connectivity index (χ0n) is 8.69. The van der Waals surface area contributed by atoms with Crippen molar-refractivity contribution in [3.8, 4) is 0 Å². The number of hydrogen-bond acceptors (Lipinski definition) is 5. The highest BCUT2D eigenvalue weighted by atomic mass is 32.1. The summed E-state index contributed by atoms with van der Waals surface area (Å²) < 4.78 is 4.56. The van der Waals surface area contributed by atoms with Crippen LogP contribution >= 0.6 is 11.3 Å². The molecule has 5 heteroatoms. The minimum Gasteiger partial charge on any atom is -0.465 e. The van der Waals surface area contributed by atoms with Crippen molar-refractivity contribution >= 4 is 28.9 Å². The van der Waals surface area contributed by atoms with E-state index in [1.54, 1.807) is 11.4 Å². The quantitative estimate of drug-likeness (QED) is 0.579. The van der Waals surface area contributed by atoms with Crippen LogP contribution in [-0.2, 0) is 14.3 Å². The highest BCUT2D eigenvalue weighted by Crippen LogP contribution is 2.32. The summed E-state index contributed by atoms with van der Waals surface area (Å²) in [6.45, 7) is 0. The number of methoxy groups -OCH3 is 1. The second-order valence-electron chi connectivity index (χ2n) is 3.59. The summed E-state index contributed by atoms with van der Waals surface area (Å²) in [4.78, 5) is 34.9. The monoisotopic (exact) mass is 238 g/mol. The molecule has 0 bridgehead atoms. The van der Waals surface area contributed by atoms with E-state index in [0.717, 1.165) is 0 Å². The van der Waals surface area contributed by atoms with E-state index in [1.165, 1.54) is 18.4 Å². The van der Waals surface area contributed by atoms with Crippen LogP contribution in [0.5, 0.6) is 0 Å². The Balaban J connectivity index is 2.28. The maximum Gasteiger partial charge on any atom is 0.338 e. The third kappa shape index (κ3) is 1.78. The predicted octanol–water partition coefficient (Wildman–Crippen LogP) is 1.55. The van der Waals surface area contributed by atoms with E-state index in [9.17, 15) is 14.4 Å². The lowest BCUT2D eigenvalue weighted by atomic mass is 10.0. The molecule has 0 unspecified atom stereocenters. The molecule has 4 nitrogen and oxygen atoms in total. The van der Waals surface area contributed by atoms with Gasteiger partial charge in [-0.1, -0.05) is 0 Å². The van der Waals surface area contributed by atoms with Crippen LogP contribution in [0.25, 0.3) is 0 Å². The molecule has 1 heterocycles. The lowest BCUT2D eigenvalue weighted by Crippen LogP contribution is -2.10. The molecule has 0 saturated heterocycles. The Morgan fingerprint density at radius 3 is 2.56 bits per heavy atom. The van der Waals surface area contributed by atoms with Crippen LogP contribution < -0.4 is 0 Å². The topological polar surface area (TPSA) is 60.4 Å². The summed E-state index contributed by atoms with van der Waals surface area (Å²) in [5, 5.41) is 1.61. The van der Waals surface area contributed by atoms with E-state index in [1.807, 2.05) is 0 Å². The summed E-state index contributed by atoms with van der Waals surface area (Å²) in [7, 11) is 1.30. The van der Waals surface area contributed by atoms with Crippen LogP contribution in [0.3, 0.4) is 0 Å². The maximum absolute atomic E-state index is 11.5. The van der Waals surface area contributed by atoms with Crippen molar-refractivity contribution in [1.82, 2.24) is 0 Å². The molecule has 0 N–H and O–H groups in total. The molecule has 0 atom stereocenters. The molecule has 0 radical (unpaired) electrons. The average molecular weight is 238 g/mol. The van der Waals surface area contributed by atoms with E-state index < -0.39 is 11.9 Å². The van der Waals surface area contributed by atoms with Crippen molar-refractivity contribution in [3.63, 3.8) is 0 Å². The molecule has 1 aliphatic carbocycles. The van der Waals surface area contributed by atoms with Crippen LogP contribution in [0.1, 0.15) is 34.0 Å². The first-order chi connectivity index (χ1) is 7.63. The second-order valence-corrected chi connectivity index (χ2v) is 4.54. The highest BCUT2D eigenvalue weighted by molar-refractivity contribution is 7.10. The molecular weight excluding hydrogens is 228 g/mol. The molecule has 0 aromatic carbocycles. The summed E-state index contributed by atoms with van der Waals surface area (Å²) in [6, 6.07) is 1.57. The maximum atomic E-state index is 11.5. The summed E-state index contributed by atoms with van der Waals surface area (Å²) in [5.41, 5.74) is 0.398. The second kappa shape index (κ2) is 4.17. The molecule has 1 aromatic rings. The van der Waals surface area contributed by atoms with Gasteiger partial charge in [0, 0.05) is 23.1 Å². The van der Waals surface area contributed by atoms with Crippen LogP contribution in [-0.4, -0.2) is 24.6 Å². The molecule has 1 saturated carbocycles. The molecule has 0 spiro atoms. The Morgan fingerprint density at radius 2 is 2.00 bits per heavy atom. The molecule has 84 valence electrons. The van der Waals surface area contributed by atoms with Gasteiger partial charge in [0.15, 0.2) is 0 Å². The lowest BCUT2D eigenvalue weighted by molar-refractivity contribution is -0.123. The third-order valence-corrected chi connectivity index (χ3v) is 3.58. The van der Waals surface area contributed by atoms with Gasteiger partial charge in [0.1, 0.15) is 17.5 Å². The molecule has 2 rings (SSSR count).